The molecule has 0 unspecified atom stereocenters. The van der Waals surface area contributed by atoms with Crippen molar-refractivity contribution >= 4 is 43.6 Å². The van der Waals surface area contributed by atoms with Crippen molar-refractivity contribution in [1.29, 1.82) is 52.6 Å². The van der Waals surface area contributed by atoms with Gasteiger partial charge in [-0.3, -0.25) is 0 Å². The molecule has 0 N–H and O–H groups in total. The van der Waals surface area contributed by atoms with Gasteiger partial charge in [0.2, 0.25) is 0 Å². The molecule has 370 valence electrons. The molecule has 0 aliphatic carbocycles. The molecule has 0 aliphatic heterocycles. The normalized spacial score (nSPS) is 10.6. The van der Waals surface area contributed by atoms with E-state index in [-0.39, 0.29) is 5.56 Å². The second-order valence-electron chi connectivity index (χ2n) is 19.2. The van der Waals surface area contributed by atoms with Crippen molar-refractivity contribution in [2.75, 3.05) is 0 Å². The molecule has 0 saturated heterocycles. The summed E-state index contributed by atoms with van der Waals surface area (Å²) in [6.07, 6.45) is 0. The molecule has 12 nitrogen and oxygen atoms in total. The first kappa shape index (κ1) is 49.6. The van der Waals surface area contributed by atoms with Crippen LogP contribution in [-0.4, -0.2) is 9.13 Å². The molecular formula is C70H30N12. The summed E-state index contributed by atoms with van der Waals surface area (Å²) in [5.74, 6) is 0. The smallest absolute Gasteiger partial charge is 0.101 e. The van der Waals surface area contributed by atoms with E-state index < -0.39 is 0 Å². The van der Waals surface area contributed by atoms with Crippen molar-refractivity contribution in [2.24, 2.45) is 0 Å². The van der Waals surface area contributed by atoms with E-state index in [9.17, 15) is 52.6 Å². The summed E-state index contributed by atoms with van der Waals surface area (Å²) in [4.78, 5) is 0. The zero-order valence-corrected chi connectivity index (χ0v) is 42.7. The standard InChI is InChI=1S/C70H30N12/c71-31-41-2-1-3-46(20-41)64-30-65(81-66-25-47(56-12-4-42(32-72)21-51(56)36-76)8-16-60(66)61-17-9-48(26-67(61)81)57-13-5-43(33-73)22-52(57)37-77)55(40-80)29-70(64)82-68-27-49(58-14-6-44(34-74)23-53(58)38-78)10-18-62(68)63-19-11-50(28-69(63)82)59-15-7-45(35-75)24-54(59)39-79/h1-30H. The molecule has 0 spiro atoms. The molecule has 0 radical (unpaired) electrons. The highest BCUT2D eigenvalue weighted by molar-refractivity contribution is 6.14. The molecule has 2 aromatic heterocycles. The van der Waals surface area contributed by atoms with Crippen LogP contribution in [0.15, 0.2) is 182 Å². The highest BCUT2D eigenvalue weighted by Gasteiger charge is 2.25. The summed E-state index contributed by atoms with van der Waals surface area (Å²) in [5.41, 5.74) is 12.9. The number of hydrogen-bond donors (Lipinski definition) is 0. The number of rotatable bonds is 7. The monoisotopic (exact) mass is 1040 g/mol. The van der Waals surface area contributed by atoms with Crippen LogP contribution in [0.4, 0.5) is 0 Å². The van der Waals surface area contributed by atoms with Crippen LogP contribution in [0.1, 0.15) is 55.6 Å². The average molecular weight is 1040 g/mol. The van der Waals surface area contributed by atoms with Crippen molar-refractivity contribution in [3.05, 3.63) is 238 Å². The fourth-order valence-corrected chi connectivity index (χ4v) is 11.1. The topological polar surface area (TPSA) is 248 Å². The number of nitriles is 10. The van der Waals surface area contributed by atoms with Gasteiger partial charge in [-0.2, -0.15) is 52.6 Å². The molecule has 12 heteroatoms. The second-order valence-corrected chi connectivity index (χ2v) is 19.2. The van der Waals surface area contributed by atoms with Crippen molar-refractivity contribution in [2.45, 2.75) is 0 Å². The van der Waals surface area contributed by atoms with Gasteiger partial charge in [-0.25, -0.2) is 0 Å². The van der Waals surface area contributed by atoms with Crippen molar-refractivity contribution in [1.82, 2.24) is 9.13 Å². The van der Waals surface area contributed by atoms with E-state index >= 15 is 0 Å². The number of nitrogens with zero attached hydrogens (tertiary/aromatic N) is 12. The minimum Gasteiger partial charge on any atom is -0.309 e. The lowest BCUT2D eigenvalue weighted by atomic mass is 9.96. The molecule has 2 heterocycles. The lowest BCUT2D eigenvalue weighted by molar-refractivity contribution is 1.14. The van der Waals surface area contributed by atoms with Crippen LogP contribution < -0.4 is 0 Å². The summed E-state index contributed by atoms with van der Waals surface area (Å²) < 4.78 is 4.01. The van der Waals surface area contributed by atoms with E-state index in [0.717, 1.165) is 21.5 Å². The first-order chi connectivity index (χ1) is 40.2. The van der Waals surface area contributed by atoms with Gasteiger partial charge in [-0.1, -0.05) is 84.9 Å². The predicted octanol–water partition coefficient (Wildman–Crippen LogP) is 14.9. The SMILES string of the molecule is N#Cc1cccc(-c2cc(-n3c4cc(-c5ccc(C#N)cc5C#N)ccc4c4ccc(-c5ccc(C#N)cc5C#N)cc43)c(C#N)cc2-n2c3cc(-c4ccc(C#N)cc4C#N)ccc3c3ccc(-c4ccc(C#N)cc4C#N)cc32)c1. The Hall–Kier alpha value is -13.3. The third-order valence-electron chi connectivity index (χ3n) is 14.9. The minimum atomic E-state index is 0.219. The Morgan fingerprint density at radius 3 is 0.841 bits per heavy atom. The molecule has 0 aliphatic rings. The summed E-state index contributed by atoms with van der Waals surface area (Å²) >= 11 is 0. The Morgan fingerprint density at radius 2 is 0.524 bits per heavy atom. The lowest BCUT2D eigenvalue weighted by Crippen LogP contribution is -2.04. The van der Waals surface area contributed by atoms with Crippen molar-refractivity contribution in [3.8, 4) is 128 Å². The van der Waals surface area contributed by atoms with Crippen LogP contribution >= 0.6 is 0 Å². The van der Waals surface area contributed by atoms with Gasteiger partial charge in [-0.15, -0.1) is 0 Å². The molecule has 0 atom stereocenters. The Labute approximate surface area is 468 Å². The number of hydrogen-bond acceptors (Lipinski definition) is 10. The molecule has 82 heavy (non-hydrogen) atoms. The third kappa shape index (κ3) is 8.09. The van der Waals surface area contributed by atoms with Gasteiger partial charge >= 0.3 is 0 Å². The lowest BCUT2D eigenvalue weighted by Gasteiger charge is -2.20. The minimum absolute atomic E-state index is 0.219. The van der Waals surface area contributed by atoms with Gasteiger partial charge in [0.15, 0.2) is 0 Å². The Balaban J connectivity index is 1.22. The fraction of sp³-hybridized carbons (Fsp3) is 0. The first-order valence-corrected chi connectivity index (χ1v) is 25.2. The maximum atomic E-state index is 11.7. The summed E-state index contributed by atoms with van der Waals surface area (Å²) in [6, 6.07) is 76.2. The van der Waals surface area contributed by atoms with Crippen molar-refractivity contribution < 1.29 is 0 Å². The summed E-state index contributed by atoms with van der Waals surface area (Å²) in [5, 5.41) is 106. The largest absolute Gasteiger partial charge is 0.309 e. The molecule has 0 fully saturated rings. The number of benzene rings is 10. The van der Waals surface area contributed by atoms with E-state index in [1.807, 2.05) is 94.1 Å². The third-order valence-corrected chi connectivity index (χ3v) is 14.9. The average Bonchev–Trinajstić information content (AvgIpc) is 2.20. The van der Waals surface area contributed by atoms with Crippen LogP contribution in [0.3, 0.4) is 0 Å². The highest BCUT2D eigenvalue weighted by atomic mass is 15.0. The maximum absolute atomic E-state index is 11.7. The van der Waals surface area contributed by atoms with Gasteiger partial charge in [-0.05, 0) is 147 Å². The van der Waals surface area contributed by atoms with Gasteiger partial charge in [0.25, 0.3) is 0 Å². The first-order valence-electron chi connectivity index (χ1n) is 25.2. The van der Waals surface area contributed by atoms with Crippen LogP contribution in [0.25, 0.3) is 111 Å². The Bertz CT molecular complexity index is 5040. The van der Waals surface area contributed by atoms with Gasteiger partial charge in [0, 0.05) is 27.1 Å². The van der Waals surface area contributed by atoms with E-state index in [4.69, 9.17) is 0 Å². The van der Waals surface area contributed by atoms with E-state index in [1.54, 1.807) is 97.1 Å². The van der Waals surface area contributed by atoms with Gasteiger partial charge < -0.3 is 9.13 Å². The van der Waals surface area contributed by atoms with Crippen molar-refractivity contribution in [3.63, 3.8) is 0 Å². The Kier molecular flexibility index (Phi) is 12.1. The molecule has 12 rings (SSSR count). The zero-order chi connectivity index (χ0) is 56.8. The Morgan fingerprint density at radius 1 is 0.220 bits per heavy atom. The number of aromatic nitrogens is 2. The van der Waals surface area contributed by atoms with Crippen LogP contribution in [0.5, 0.6) is 0 Å². The molecule has 0 saturated carbocycles. The molecule has 12 aromatic rings. The predicted molar refractivity (Wildman–Crippen MR) is 309 cm³/mol. The van der Waals surface area contributed by atoms with Crippen LogP contribution in [0, 0.1) is 113 Å². The second kappa shape index (κ2) is 20.0. The van der Waals surface area contributed by atoms with E-state index in [1.165, 1.54) is 0 Å². The molecular weight excluding hydrogens is 1010 g/mol. The summed E-state index contributed by atoms with van der Waals surface area (Å²) in [7, 11) is 0. The quantitative estimate of drug-likeness (QED) is 0.146. The van der Waals surface area contributed by atoms with Crippen LogP contribution in [0.2, 0.25) is 0 Å². The maximum Gasteiger partial charge on any atom is 0.101 e. The van der Waals surface area contributed by atoms with Gasteiger partial charge in [0.1, 0.15) is 6.07 Å². The van der Waals surface area contributed by atoms with Crippen LogP contribution in [-0.2, 0) is 0 Å². The summed E-state index contributed by atoms with van der Waals surface area (Å²) in [6.45, 7) is 0. The number of fused-ring (bicyclic) bond motifs is 6. The molecule has 0 bridgehead atoms. The van der Waals surface area contributed by atoms with E-state index in [0.29, 0.717) is 139 Å². The highest BCUT2D eigenvalue weighted by Crippen LogP contribution is 2.45. The fourth-order valence-electron chi connectivity index (χ4n) is 11.1. The zero-order valence-electron chi connectivity index (χ0n) is 42.7. The molecule has 10 aromatic carbocycles. The van der Waals surface area contributed by atoms with Gasteiger partial charge in [0.05, 0.1) is 144 Å². The molecule has 0 amide bonds. The van der Waals surface area contributed by atoms with E-state index in [2.05, 4.69) is 60.7 Å².